The Morgan fingerprint density at radius 2 is 2.33 bits per heavy atom. The van der Waals surface area contributed by atoms with E-state index >= 15 is 0 Å². The monoisotopic (exact) mass is 267 g/mol. The van der Waals surface area contributed by atoms with Crippen LogP contribution in [0.5, 0.6) is 0 Å². The predicted molar refractivity (Wildman–Crippen MR) is 65.5 cm³/mol. The first-order valence-corrected chi connectivity index (χ1v) is 6.07. The van der Waals surface area contributed by atoms with Gasteiger partial charge in [0.25, 0.3) is 0 Å². The molecule has 1 aliphatic rings. The maximum atomic E-state index is 13.7. The third-order valence-corrected chi connectivity index (χ3v) is 3.81. The van der Waals surface area contributed by atoms with Crippen molar-refractivity contribution < 1.29 is 4.39 Å². The molecule has 1 aromatic heterocycles. The molecule has 1 atom stereocenters. The molecule has 0 fully saturated rings. The van der Waals surface area contributed by atoms with E-state index < -0.39 is 0 Å². The Labute approximate surface area is 107 Å². The second-order valence-electron chi connectivity index (χ2n) is 4.48. The van der Waals surface area contributed by atoms with Crippen LogP contribution in [0.25, 0.3) is 0 Å². The van der Waals surface area contributed by atoms with Gasteiger partial charge in [0, 0.05) is 17.0 Å². The maximum absolute atomic E-state index is 13.7. The molecule has 0 radical (unpaired) electrons. The molecule has 94 valence electrons. The molecule has 4 nitrogen and oxygen atoms in total. The van der Waals surface area contributed by atoms with Crippen molar-refractivity contribution in [2.75, 3.05) is 0 Å². The van der Waals surface area contributed by atoms with Crippen LogP contribution in [0.1, 0.15) is 29.4 Å². The number of rotatable bonds is 1. The molecule has 3 rings (SSSR count). The Bertz CT molecular complexity index is 653. The number of H-pyrrole nitrogens is 1. The van der Waals surface area contributed by atoms with E-state index in [1.54, 1.807) is 17.6 Å². The molecule has 0 aliphatic carbocycles. The van der Waals surface area contributed by atoms with E-state index in [9.17, 15) is 9.18 Å². The summed E-state index contributed by atoms with van der Waals surface area (Å²) in [5.74, 6) is 0.365. The van der Waals surface area contributed by atoms with Crippen LogP contribution in [0.2, 0.25) is 5.02 Å². The number of benzene rings is 1. The zero-order chi connectivity index (χ0) is 12.9. The molecule has 0 spiro atoms. The average molecular weight is 268 g/mol. The number of nitrogens with zero attached hydrogens (tertiary/aromatic N) is 2. The van der Waals surface area contributed by atoms with Gasteiger partial charge >= 0.3 is 5.69 Å². The van der Waals surface area contributed by atoms with Crippen LogP contribution in [0.15, 0.2) is 16.9 Å². The van der Waals surface area contributed by atoms with Crippen LogP contribution in [0.4, 0.5) is 4.39 Å². The average Bonchev–Trinajstić information content (AvgIpc) is 2.89. The number of aryl methyl sites for hydroxylation is 1. The number of nitrogens with one attached hydrogen (secondary N) is 1. The van der Waals surface area contributed by atoms with Gasteiger partial charge in [-0.3, -0.25) is 4.57 Å². The summed E-state index contributed by atoms with van der Waals surface area (Å²) in [7, 11) is 0. The van der Waals surface area contributed by atoms with Gasteiger partial charge in [-0.1, -0.05) is 11.6 Å². The standard InChI is InChI=1S/C12H11ClFN3O/c1-6-8(13)4-7(5-9(6)14)10-2-3-11-15-16-12(18)17(10)11/h4-5,10H,2-3H2,1H3,(H,16,18). The summed E-state index contributed by atoms with van der Waals surface area (Å²) in [6.07, 6.45) is 1.45. The Morgan fingerprint density at radius 3 is 3.06 bits per heavy atom. The van der Waals surface area contributed by atoms with E-state index in [2.05, 4.69) is 10.2 Å². The van der Waals surface area contributed by atoms with E-state index in [-0.39, 0.29) is 17.5 Å². The van der Waals surface area contributed by atoms with Crippen LogP contribution in [0, 0.1) is 12.7 Å². The fourth-order valence-corrected chi connectivity index (χ4v) is 2.62. The van der Waals surface area contributed by atoms with Crippen LogP contribution in [-0.2, 0) is 6.42 Å². The Hall–Kier alpha value is -1.62. The van der Waals surface area contributed by atoms with E-state index in [1.165, 1.54) is 6.07 Å². The summed E-state index contributed by atoms with van der Waals surface area (Å²) in [5, 5.41) is 6.73. The quantitative estimate of drug-likeness (QED) is 0.861. The largest absolute Gasteiger partial charge is 0.343 e. The molecule has 1 aliphatic heterocycles. The smallest absolute Gasteiger partial charge is 0.271 e. The highest BCUT2D eigenvalue weighted by molar-refractivity contribution is 6.31. The van der Waals surface area contributed by atoms with Crippen molar-refractivity contribution in [1.29, 1.82) is 0 Å². The second kappa shape index (κ2) is 3.95. The fraction of sp³-hybridized carbons (Fsp3) is 0.333. The predicted octanol–water partition coefficient (Wildman–Crippen LogP) is 2.21. The van der Waals surface area contributed by atoms with Crippen molar-refractivity contribution in [3.63, 3.8) is 0 Å². The minimum absolute atomic E-state index is 0.182. The Morgan fingerprint density at radius 1 is 1.56 bits per heavy atom. The SMILES string of the molecule is Cc1c(F)cc(C2CCc3n[nH]c(=O)n32)cc1Cl. The summed E-state index contributed by atoms with van der Waals surface area (Å²) >= 11 is 5.99. The van der Waals surface area contributed by atoms with Crippen molar-refractivity contribution in [1.82, 2.24) is 14.8 Å². The van der Waals surface area contributed by atoms with Gasteiger partial charge < -0.3 is 0 Å². The van der Waals surface area contributed by atoms with Gasteiger partial charge in [0.05, 0.1) is 6.04 Å². The van der Waals surface area contributed by atoms with Crippen LogP contribution in [-0.4, -0.2) is 14.8 Å². The van der Waals surface area contributed by atoms with E-state index in [1.807, 2.05) is 0 Å². The number of aromatic nitrogens is 3. The number of fused-ring (bicyclic) bond motifs is 1. The Balaban J connectivity index is 2.13. The normalized spacial score (nSPS) is 18.1. The van der Waals surface area contributed by atoms with Crippen molar-refractivity contribution in [2.24, 2.45) is 0 Å². The summed E-state index contributed by atoms with van der Waals surface area (Å²) in [5.41, 5.74) is 0.883. The minimum atomic E-state index is -0.345. The molecule has 1 aromatic carbocycles. The number of halogens is 2. The van der Waals surface area contributed by atoms with Crippen molar-refractivity contribution in [3.05, 3.63) is 50.4 Å². The first-order valence-electron chi connectivity index (χ1n) is 5.69. The molecule has 18 heavy (non-hydrogen) atoms. The molecule has 1 unspecified atom stereocenters. The molecule has 2 heterocycles. The molecule has 0 saturated carbocycles. The first kappa shape index (κ1) is 11.5. The lowest BCUT2D eigenvalue weighted by molar-refractivity contribution is 0.578. The molecular weight excluding hydrogens is 257 g/mol. The van der Waals surface area contributed by atoms with Gasteiger partial charge in [-0.25, -0.2) is 14.3 Å². The lowest BCUT2D eigenvalue weighted by atomic mass is 10.0. The van der Waals surface area contributed by atoms with Gasteiger partial charge in [0.1, 0.15) is 11.6 Å². The zero-order valence-electron chi connectivity index (χ0n) is 9.70. The van der Waals surface area contributed by atoms with Crippen LogP contribution < -0.4 is 5.69 Å². The van der Waals surface area contributed by atoms with E-state index in [0.717, 1.165) is 6.42 Å². The molecule has 0 amide bonds. The summed E-state index contributed by atoms with van der Waals surface area (Å²) in [4.78, 5) is 11.6. The Kier molecular flexibility index (Phi) is 2.52. The van der Waals surface area contributed by atoms with Crippen LogP contribution >= 0.6 is 11.6 Å². The third-order valence-electron chi connectivity index (χ3n) is 3.42. The molecule has 0 saturated heterocycles. The highest BCUT2D eigenvalue weighted by Gasteiger charge is 2.27. The highest BCUT2D eigenvalue weighted by atomic mass is 35.5. The first-order chi connectivity index (χ1) is 8.58. The molecule has 1 N–H and O–H groups in total. The van der Waals surface area contributed by atoms with Gasteiger partial charge in [-0.2, -0.15) is 5.10 Å². The highest BCUT2D eigenvalue weighted by Crippen LogP contribution is 2.32. The van der Waals surface area contributed by atoms with Gasteiger partial charge in [0.15, 0.2) is 0 Å². The van der Waals surface area contributed by atoms with E-state index in [4.69, 9.17) is 11.6 Å². The molecule has 2 aromatic rings. The van der Waals surface area contributed by atoms with Gasteiger partial charge in [-0.05, 0) is 31.0 Å². The second-order valence-corrected chi connectivity index (χ2v) is 4.89. The van der Waals surface area contributed by atoms with Gasteiger partial charge in [0.2, 0.25) is 0 Å². The zero-order valence-corrected chi connectivity index (χ0v) is 10.5. The number of aromatic amines is 1. The fourth-order valence-electron chi connectivity index (χ4n) is 2.40. The van der Waals surface area contributed by atoms with E-state index in [0.29, 0.717) is 28.4 Å². The van der Waals surface area contributed by atoms with Crippen molar-refractivity contribution in [3.8, 4) is 0 Å². The molecule has 0 bridgehead atoms. The molecule has 6 heteroatoms. The summed E-state index contributed by atoms with van der Waals surface area (Å²) in [6.45, 7) is 1.63. The number of hydrogen-bond acceptors (Lipinski definition) is 2. The third kappa shape index (κ3) is 1.58. The number of hydrogen-bond donors (Lipinski definition) is 1. The topological polar surface area (TPSA) is 50.7 Å². The lowest BCUT2D eigenvalue weighted by Gasteiger charge is -2.13. The van der Waals surface area contributed by atoms with Crippen molar-refractivity contribution in [2.45, 2.75) is 25.8 Å². The summed E-state index contributed by atoms with van der Waals surface area (Å²) in [6, 6.07) is 2.98. The maximum Gasteiger partial charge on any atom is 0.343 e. The lowest BCUT2D eigenvalue weighted by Crippen LogP contribution is -2.20. The van der Waals surface area contributed by atoms with Crippen LogP contribution in [0.3, 0.4) is 0 Å². The molecular formula is C12H11ClFN3O. The van der Waals surface area contributed by atoms with Crippen molar-refractivity contribution >= 4 is 11.6 Å². The van der Waals surface area contributed by atoms with Gasteiger partial charge in [-0.15, -0.1) is 0 Å². The minimum Gasteiger partial charge on any atom is -0.271 e. The summed E-state index contributed by atoms with van der Waals surface area (Å²) < 4.78 is 15.3.